The van der Waals surface area contributed by atoms with Crippen molar-refractivity contribution in [3.05, 3.63) is 28.8 Å². The van der Waals surface area contributed by atoms with Gasteiger partial charge in [-0.2, -0.15) is 0 Å². The van der Waals surface area contributed by atoms with E-state index in [0.717, 1.165) is 18.7 Å². The van der Waals surface area contributed by atoms with Crippen molar-refractivity contribution in [3.63, 3.8) is 0 Å². The second-order valence-corrected chi connectivity index (χ2v) is 5.76. The van der Waals surface area contributed by atoms with Gasteiger partial charge in [0.1, 0.15) is 5.75 Å². The summed E-state index contributed by atoms with van der Waals surface area (Å²) in [6.07, 6.45) is 1.93. The van der Waals surface area contributed by atoms with Gasteiger partial charge in [-0.25, -0.2) is 0 Å². The molecule has 1 N–H and O–H groups in total. The fourth-order valence-corrected chi connectivity index (χ4v) is 2.68. The largest absolute Gasteiger partial charge is 0.489 e. The Kier molecular flexibility index (Phi) is 5.08. The molecule has 1 heterocycles. The standard InChI is InChI=1S/C15H22ClNO2/c1-11(2)19-15-12(6-5-7-13(15)16)14(18)10-17-8-3-4-9-17/h5-7,11,14,18H,3-4,8-10H2,1-2H3. The van der Waals surface area contributed by atoms with E-state index in [-0.39, 0.29) is 6.10 Å². The normalized spacial score (nSPS) is 17.9. The van der Waals surface area contributed by atoms with Gasteiger partial charge in [0.15, 0.2) is 0 Å². The number of aliphatic hydroxyl groups is 1. The first-order valence-electron chi connectivity index (χ1n) is 6.93. The highest BCUT2D eigenvalue weighted by molar-refractivity contribution is 6.32. The molecule has 0 saturated carbocycles. The molecule has 1 aromatic carbocycles. The number of para-hydroxylation sites is 1. The van der Waals surface area contributed by atoms with E-state index in [2.05, 4.69) is 4.90 Å². The minimum absolute atomic E-state index is 0.0395. The third kappa shape index (κ3) is 3.85. The fourth-order valence-electron chi connectivity index (χ4n) is 2.46. The van der Waals surface area contributed by atoms with Gasteiger partial charge in [-0.05, 0) is 45.8 Å². The molecule has 4 heteroatoms. The average molecular weight is 284 g/mol. The molecule has 1 aromatic rings. The Morgan fingerprint density at radius 3 is 2.63 bits per heavy atom. The Bertz CT molecular complexity index is 417. The zero-order valence-corrected chi connectivity index (χ0v) is 12.4. The molecule has 2 rings (SSSR count). The monoisotopic (exact) mass is 283 g/mol. The molecule has 106 valence electrons. The number of nitrogens with zero attached hydrogens (tertiary/aromatic N) is 1. The predicted octanol–water partition coefficient (Wildman–Crippen LogP) is 3.26. The second-order valence-electron chi connectivity index (χ2n) is 5.35. The third-order valence-electron chi connectivity index (χ3n) is 3.34. The number of aliphatic hydroxyl groups excluding tert-OH is 1. The van der Waals surface area contributed by atoms with Crippen LogP contribution in [0.5, 0.6) is 5.75 Å². The summed E-state index contributed by atoms with van der Waals surface area (Å²) in [6.45, 7) is 6.70. The minimum Gasteiger partial charge on any atom is -0.489 e. The predicted molar refractivity (Wildman–Crippen MR) is 77.8 cm³/mol. The molecule has 1 unspecified atom stereocenters. The molecule has 0 bridgehead atoms. The molecule has 0 aromatic heterocycles. The minimum atomic E-state index is -0.550. The lowest BCUT2D eigenvalue weighted by Gasteiger charge is -2.23. The van der Waals surface area contributed by atoms with Gasteiger partial charge in [-0.15, -0.1) is 0 Å². The van der Waals surface area contributed by atoms with Crippen molar-refractivity contribution in [1.29, 1.82) is 0 Å². The third-order valence-corrected chi connectivity index (χ3v) is 3.64. The molecule has 19 heavy (non-hydrogen) atoms. The maximum atomic E-state index is 10.4. The fraction of sp³-hybridized carbons (Fsp3) is 0.600. The quantitative estimate of drug-likeness (QED) is 0.900. The molecule has 1 atom stereocenters. The lowest BCUT2D eigenvalue weighted by molar-refractivity contribution is 0.120. The summed E-state index contributed by atoms with van der Waals surface area (Å²) < 4.78 is 5.75. The van der Waals surface area contributed by atoms with E-state index in [1.165, 1.54) is 12.8 Å². The van der Waals surface area contributed by atoms with Gasteiger partial charge in [0, 0.05) is 12.1 Å². The van der Waals surface area contributed by atoms with Gasteiger partial charge in [-0.1, -0.05) is 23.7 Å². The molecular formula is C15H22ClNO2. The number of hydrogen-bond acceptors (Lipinski definition) is 3. The van der Waals surface area contributed by atoms with Gasteiger partial charge in [0.05, 0.1) is 17.2 Å². The number of benzene rings is 1. The summed E-state index contributed by atoms with van der Waals surface area (Å²) in [4.78, 5) is 2.28. The number of β-amino-alcohol motifs (C(OH)–C–C–N with tert-alkyl or cyclic N) is 1. The van der Waals surface area contributed by atoms with Gasteiger partial charge in [-0.3, -0.25) is 0 Å². The van der Waals surface area contributed by atoms with E-state index in [1.54, 1.807) is 6.07 Å². The topological polar surface area (TPSA) is 32.7 Å². The molecule has 1 saturated heterocycles. The molecule has 0 spiro atoms. The highest BCUT2D eigenvalue weighted by Gasteiger charge is 2.21. The Morgan fingerprint density at radius 2 is 2.00 bits per heavy atom. The van der Waals surface area contributed by atoms with Crippen molar-refractivity contribution in [1.82, 2.24) is 4.90 Å². The molecule has 1 aliphatic heterocycles. The molecule has 0 amide bonds. The molecule has 3 nitrogen and oxygen atoms in total. The van der Waals surface area contributed by atoms with Crippen molar-refractivity contribution in [3.8, 4) is 5.75 Å². The smallest absolute Gasteiger partial charge is 0.144 e. The molecular weight excluding hydrogens is 262 g/mol. The Labute approximate surface area is 120 Å². The van der Waals surface area contributed by atoms with Gasteiger partial charge in [0.25, 0.3) is 0 Å². The molecule has 0 radical (unpaired) electrons. The van der Waals surface area contributed by atoms with Crippen molar-refractivity contribution in [2.75, 3.05) is 19.6 Å². The molecule has 1 fully saturated rings. The Balaban J connectivity index is 2.14. The van der Waals surface area contributed by atoms with Crippen molar-refractivity contribution < 1.29 is 9.84 Å². The van der Waals surface area contributed by atoms with Crippen LogP contribution in [-0.4, -0.2) is 35.7 Å². The first-order valence-corrected chi connectivity index (χ1v) is 7.31. The summed E-state index contributed by atoms with van der Waals surface area (Å²) in [5, 5.41) is 11.0. The highest BCUT2D eigenvalue weighted by Crippen LogP contribution is 2.34. The van der Waals surface area contributed by atoms with E-state index in [0.29, 0.717) is 17.3 Å². The van der Waals surface area contributed by atoms with Crippen molar-refractivity contribution >= 4 is 11.6 Å². The van der Waals surface area contributed by atoms with Crippen LogP contribution in [0.2, 0.25) is 5.02 Å². The van der Waals surface area contributed by atoms with Crippen LogP contribution in [0.4, 0.5) is 0 Å². The zero-order valence-electron chi connectivity index (χ0n) is 11.6. The number of rotatable bonds is 5. The number of ether oxygens (including phenoxy) is 1. The van der Waals surface area contributed by atoms with Gasteiger partial charge < -0.3 is 14.7 Å². The maximum Gasteiger partial charge on any atom is 0.144 e. The lowest BCUT2D eigenvalue weighted by atomic mass is 10.1. The van der Waals surface area contributed by atoms with Crippen LogP contribution in [0, 0.1) is 0 Å². The average Bonchev–Trinajstić information content (AvgIpc) is 2.84. The summed E-state index contributed by atoms with van der Waals surface area (Å²) in [5.41, 5.74) is 0.785. The maximum absolute atomic E-state index is 10.4. The van der Waals surface area contributed by atoms with Crippen LogP contribution in [0.3, 0.4) is 0 Å². The molecule has 0 aliphatic carbocycles. The second kappa shape index (κ2) is 6.60. The summed E-state index contributed by atoms with van der Waals surface area (Å²) >= 11 is 6.18. The highest BCUT2D eigenvalue weighted by atomic mass is 35.5. The first-order chi connectivity index (χ1) is 9.08. The lowest BCUT2D eigenvalue weighted by Crippen LogP contribution is -2.26. The summed E-state index contributed by atoms with van der Waals surface area (Å²) in [5.74, 6) is 0.617. The number of hydrogen-bond donors (Lipinski definition) is 1. The van der Waals surface area contributed by atoms with E-state index < -0.39 is 6.10 Å². The van der Waals surface area contributed by atoms with Crippen LogP contribution < -0.4 is 4.74 Å². The summed E-state index contributed by atoms with van der Waals surface area (Å²) in [7, 11) is 0. The van der Waals surface area contributed by atoms with Crippen LogP contribution >= 0.6 is 11.6 Å². The van der Waals surface area contributed by atoms with Crippen LogP contribution in [0.1, 0.15) is 38.4 Å². The Hall–Kier alpha value is -0.770. The molecule has 1 aliphatic rings. The van der Waals surface area contributed by atoms with Crippen LogP contribution in [0.15, 0.2) is 18.2 Å². The Morgan fingerprint density at radius 1 is 1.32 bits per heavy atom. The van der Waals surface area contributed by atoms with E-state index in [9.17, 15) is 5.11 Å². The van der Waals surface area contributed by atoms with Gasteiger partial charge >= 0.3 is 0 Å². The van der Waals surface area contributed by atoms with Crippen molar-refractivity contribution in [2.45, 2.75) is 38.9 Å². The first kappa shape index (κ1) is 14.6. The van der Waals surface area contributed by atoms with E-state index in [1.807, 2.05) is 26.0 Å². The number of likely N-dealkylation sites (tertiary alicyclic amines) is 1. The van der Waals surface area contributed by atoms with E-state index in [4.69, 9.17) is 16.3 Å². The van der Waals surface area contributed by atoms with Gasteiger partial charge in [0.2, 0.25) is 0 Å². The van der Waals surface area contributed by atoms with Crippen LogP contribution in [0.25, 0.3) is 0 Å². The summed E-state index contributed by atoms with van der Waals surface area (Å²) in [6, 6.07) is 5.55. The van der Waals surface area contributed by atoms with E-state index >= 15 is 0 Å². The van der Waals surface area contributed by atoms with Crippen molar-refractivity contribution in [2.24, 2.45) is 0 Å². The number of halogens is 1. The SMILES string of the molecule is CC(C)Oc1c(Cl)cccc1C(O)CN1CCCC1. The van der Waals surface area contributed by atoms with Crippen LogP contribution in [-0.2, 0) is 0 Å². The zero-order chi connectivity index (χ0) is 13.8.